The Morgan fingerprint density at radius 2 is 1.74 bits per heavy atom. The van der Waals surface area contributed by atoms with Gasteiger partial charge >= 0.3 is 0 Å². The second kappa shape index (κ2) is 10.9. The van der Waals surface area contributed by atoms with Gasteiger partial charge in [-0.1, -0.05) is 30.5 Å². The van der Waals surface area contributed by atoms with E-state index in [1.54, 1.807) is 19.0 Å². The molecule has 1 aromatic heterocycles. The summed E-state index contributed by atoms with van der Waals surface area (Å²) in [4.78, 5) is 31.4. The lowest BCUT2D eigenvalue weighted by molar-refractivity contribution is -0.118. The van der Waals surface area contributed by atoms with Crippen LogP contribution < -0.4 is 5.73 Å². The third-order valence-corrected chi connectivity index (χ3v) is 6.24. The van der Waals surface area contributed by atoms with Crippen molar-refractivity contribution in [2.45, 2.75) is 51.4 Å². The summed E-state index contributed by atoms with van der Waals surface area (Å²) in [5.74, 6) is -0.153. The number of benzene rings is 1. The van der Waals surface area contributed by atoms with Crippen LogP contribution in [0.4, 0.5) is 0 Å². The number of hydrogen-bond donors (Lipinski definition) is 1. The normalized spacial score (nSPS) is 16.3. The predicted molar refractivity (Wildman–Crippen MR) is 126 cm³/mol. The number of carbonyl (C=O) groups excluding carboxylic acids is 2. The summed E-state index contributed by atoms with van der Waals surface area (Å²) in [5, 5.41) is 1.81. The van der Waals surface area contributed by atoms with E-state index < -0.39 is 0 Å². The highest BCUT2D eigenvalue weighted by atomic mass is 35.5. The van der Waals surface area contributed by atoms with E-state index in [2.05, 4.69) is 0 Å². The van der Waals surface area contributed by atoms with Gasteiger partial charge in [-0.05, 0) is 70.3 Å². The number of amides is 2. The molecule has 0 saturated carbocycles. The Bertz CT molecular complexity index is 937. The third-order valence-electron chi connectivity index (χ3n) is 5.81. The van der Waals surface area contributed by atoms with Crippen LogP contribution in [0.25, 0.3) is 10.9 Å². The highest BCUT2D eigenvalue weighted by molar-refractivity contribution is 6.36. The van der Waals surface area contributed by atoms with E-state index in [0.29, 0.717) is 6.54 Å². The maximum Gasteiger partial charge on any atom is 0.253 e. The van der Waals surface area contributed by atoms with Crippen molar-refractivity contribution in [1.29, 1.82) is 0 Å². The van der Waals surface area contributed by atoms with Gasteiger partial charge in [0.05, 0.1) is 17.1 Å². The van der Waals surface area contributed by atoms with E-state index in [4.69, 9.17) is 22.3 Å². The van der Waals surface area contributed by atoms with Crippen molar-refractivity contribution in [2.24, 2.45) is 5.73 Å². The molecule has 4 rings (SSSR count). The molecule has 0 unspecified atom stereocenters. The van der Waals surface area contributed by atoms with Gasteiger partial charge in [0.1, 0.15) is 0 Å². The number of halogens is 1. The molecule has 168 valence electrons. The molecular weight excluding hydrogens is 412 g/mol. The highest BCUT2D eigenvalue weighted by Crippen LogP contribution is 2.33. The van der Waals surface area contributed by atoms with Crippen LogP contribution in [0.15, 0.2) is 18.2 Å². The minimum absolute atomic E-state index is 0.134. The van der Waals surface area contributed by atoms with Crippen LogP contribution in [0.1, 0.15) is 60.1 Å². The van der Waals surface area contributed by atoms with E-state index in [1.807, 2.05) is 23.1 Å². The average Bonchev–Trinajstić information content (AvgIpc) is 3.02. The first-order chi connectivity index (χ1) is 14.9. The lowest BCUT2D eigenvalue weighted by atomic mass is 9.94. The first kappa shape index (κ1) is 23.5. The number of carbonyl (C=O) groups is 2. The van der Waals surface area contributed by atoms with Crippen LogP contribution >= 0.6 is 11.6 Å². The van der Waals surface area contributed by atoms with Crippen molar-refractivity contribution in [1.82, 2.24) is 14.8 Å². The Morgan fingerprint density at radius 3 is 2.35 bits per heavy atom. The summed E-state index contributed by atoms with van der Waals surface area (Å²) in [6.45, 7) is 2.07. The number of hydrogen-bond acceptors (Lipinski definition) is 4. The van der Waals surface area contributed by atoms with Crippen molar-refractivity contribution in [3.8, 4) is 0 Å². The Hall–Kier alpha value is -2.18. The van der Waals surface area contributed by atoms with Crippen molar-refractivity contribution >= 4 is 34.3 Å². The van der Waals surface area contributed by atoms with E-state index >= 15 is 0 Å². The van der Waals surface area contributed by atoms with Crippen LogP contribution in [0.3, 0.4) is 0 Å². The first-order valence-electron chi connectivity index (χ1n) is 11.2. The van der Waals surface area contributed by atoms with E-state index in [9.17, 15) is 9.59 Å². The summed E-state index contributed by atoms with van der Waals surface area (Å²) in [6.07, 6.45) is 9.05. The Morgan fingerprint density at radius 1 is 1.06 bits per heavy atom. The third kappa shape index (κ3) is 6.17. The number of nitrogens with zero attached hydrogens (tertiary/aromatic N) is 3. The summed E-state index contributed by atoms with van der Waals surface area (Å²) >= 11 is 6.63. The molecule has 0 spiro atoms. The molecule has 6 nitrogen and oxygen atoms in total. The van der Waals surface area contributed by atoms with Gasteiger partial charge in [-0.15, -0.1) is 0 Å². The van der Waals surface area contributed by atoms with Gasteiger partial charge in [0, 0.05) is 29.7 Å². The molecule has 2 aromatic rings. The zero-order valence-electron chi connectivity index (χ0n) is 18.6. The minimum Gasteiger partial charge on any atom is -0.369 e. The van der Waals surface area contributed by atoms with Crippen molar-refractivity contribution in [3.63, 3.8) is 0 Å². The van der Waals surface area contributed by atoms with Gasteiger partial charge < -0.3 is 15.5 Å². The molecule has 0 bridgehead atoms. The number of fused-ring (bicyclic) bond motifs is 2. The molecule has 0 atom stereocenters. The number of pyridine rings is 1. The zero-order valence-corrected chi connectivity index (χ0v) is 19.4. The Balaban J connectivity index is 0.000000339. The molecule has 1 fully saturated rings. The second-order valence-electron chi connectivity index (χ2n) is 8.70. The van der Waals surface area contributed by atoms with E-state index in [-0.39, 0.29) is 11.8 Å². The number of nitrogens with two attached hydrogens (primary N) is 1. The predicted octanol–water partition coefficient (Wildman–Crippen LogP) is 3.82. The fraction of sp³-hybridized carbons (Fsp3) is 0.542. The van der Waals surface area contributed by atoms with Crippen LogP contribution in [-0.4, -0.2) is 60.3 Å². The van der Waals surface area contributed by atoms with Crippen molar-refractivity contribution in [3.05, 3.63) is 40.0 Å². The molecule has 2 N–H and O–H groups in total. The molecule has 1 aromatic carbocycles. The molecule has 2 aliphatic rings. The molecule has 31 heavy (non-hydrogen) atoms. The molecule has 7 heteroatoms. The second-order valence-corrected chi connectivity index (χ2v) is 9.08. The van der Waals surface area contributed by atoms with Crippen LogP contribution in [0.5, 0.6) is 0 Å². The SMILES string of the molecule is CN(C)CC(N)=O.O=C(c1ccc2c(Cl)c3c(nc2c1)CCCC3)N1CCCCCC1. The maximum atomic E-state index is 12.8. The summed E-state index contributed by atoms with van der Waals surface area (Å²) in [5.41, 5.74) is 8.75. The van der Waals surface area contributed by atoms with Gasteiger partial charge in [-0.2, -0.15) is 0 Å². The summed E-state index contributed by atoms with van der Waals surface area (Å²) < 4.78 is 0. The Labute approximate surface area is 189 Å². The molecule has 0 radical (unpaired) electrons. The number of aryl methyl sites for hydroxylation is 1. The van der Waals surface area contributed by atoms with Gasteiger partial charge in [-0.25, -0.2) is 0 Å². The van der Waals surface area contributed by atoms with Crippen LogP contribution in [0.2, 0.25) is 5.02 Å². The number of aromatic nitrogens is 1. The molecule has 1 aliphatic carbocycles. The maximum absolute atomic E-state index is 12.8. The lowest BCUT2D eigenvalue weighted by Crippen LogP contribution is -2.31. The number of rotatable bonds is 3. The monoisotopic (exact) mass is 444 g/mol. The van der Waals surface area contributed by atoms with Gasteiger partial charge in [0.2, 0.25) is 5.91 Å². The van der Waals surface area contributed by atoms with Gasteiger partial charge in [0.15, 0.2) is 0 Å². The van der Waals surface area contributed by atoms with Gasteiger partial charge in [0.25, 0.3) is 5.91 Å². The Kier molecular flexibility index (Phi) is 8.27. The number of primary amides is 1. The molecule has 1 saturated heterocycles. The summed E-state index contributed by atoms with van der Waals surface area (Å²) in [7, 11) is 3.59. The zero-order chi connectivity index (χ0) is 22.4. The fourth-order valence-electron chi connectivity index (χ4n) is 4.27. The molecule has 2 heterocycles. The summed E-state index contributed by atoms with van der Waals surface area (Å²) in [6, 6.07) is 5.83. The number of likely N-dealkylation sites (tertiary alicyclic amines) is 1. The van der Waals surface area contributed by atoms with Crippen LogP contribution in [-0.2, 0) is 17.6 Å². The smallest absolute Gasteiger partial charge is 0.253 e. The van der Waals surface area contributed by atoms with Crippen molar-refractivity contribution in [2.75, 3.05) is 33.7 Å². The molecule has 2 amide bonds. The molecule has 1 aliphatic heterocycles. The van der Waals surface area contributed by atoms with E-state index in [0.717, 1.165) is 66.0 Å². The average molecular weight is 445 g/mol. The molecular formula is C24H33ClN4O2. The van der Waals surface area contributed by atoms with Crippen molar-refractivity contribution < 1.29 is 9.59 Å². The van der Waals surface area contributed by atoms with Crippen LogP contribution in [0, 0.1) is 0 Å². The van der Waals surface area contributed by atoms with E-state index in [1.165, 1.54) is 31.2 Å². The number of likely N-dealkylation sites (N-methyl/N-ethyl adjacent to an activating group) is 1. The first-order valence-corrected chi connectivity index (χ1v) is 11.6. The standard InChI is InChI=1S/C20H23ClN2O.C4H10N2O/c21-19-15-7-3-4-8-17(15)22-18-13-14(9-10-16(18)19)20(24)23-11-5-1-2-6-12-23;1-6(2)3-4(5)7/h9-10,13H,1-8,11-12H2;3H2,1-2H3,(H2,5,7). The fourth-order valence-corrected chi connectivity index (χ4v) is 4.63. The lowest BCUT2D eigenvalue weighted by Gasteiger charge is -2.21. The largest absolute Gasteiger partial charge is 0.369 e. The highest BCUT2D eigenvalue weighted by Gasteiger charge is 2.20. The minimum atomic E-state index is -0.287. The topological polar surface area (TPSA) is 79.5 Å². The quantitative estimate of drug-likeness (QED) is 0.780. The van der Waals surface area contributed by atoms with Gasteiger partial charge in [-0.3, -0.25) is 14.6 Å².